The Bertz CT molecular complexity index is 437. The van der Waals surface area contributed by atoms with Crippen molar-refractivity contribution in [3.05, 3.63) is 0 Å². The van der Waals surface area contributed by atoms with E-state index in [0.717, 1.165) is 32.1 Å². The lowest BCUT2D eigenvalue weighted by Gasteiger charge is -2.17. The fourth-order valence-electron chi connectivity index (χ4n) is 2.37. The summed E-state index contributed by atoms with van der Waals surface area (Å²) in [5.41, 5.74) is 5.16. The predicted octanol–water partition coefficient (Wildman–Crippen LogP) is 1.48. The highest BCUT2D eigenvalue weighted by Gasteiger charge is 2.26. The molecule has 0 heterocycles. The van der Waals surface area contributed by atoms with Gasteiger partial charge in [-0.3, -0.25) is 14.4 Å². The van der Waals surface area contributed by atoms with Crippen molar-refractivity contribution >= 4 is 23.6 Å². The molecule has 2 atom stereocenters. The van der Waals surface area contributed by atoms with Crippen molar-refractivity contribution < 1.29 is 23.9 Å². The first kappa shape index (κ1) is 22.1. The Morgan fingerprint density at radius 2 is 1.67 bits per heavy atom. The molecule has 0 saturated heterocycles. The van der Waals surface area contributed by atoms with Gasteiger partial charge in [0.15, 0.2) is 0 Å². The Hall–Kier alpha value is -1.92. The predicted molar refractivity (Wildman–Crippen MR) is 89.9 cm³/mol. The Labute approximate surface area is 143 Å². The van der Waals surface area contributed by atoms with E-state index in [1.54, 1.807) is 0 Å². The lowest BCUT2D eigenvalue weighted by molar-refractivity contribution is -0.145. The molecule has 0 aromatic carbocycles. The Morgan fingerprint density at radius 1 is 1.04 bits per heavy atom. The third kappa shape index (κ3) is 9.97. The molecule has 0 fully saturated rings. The van der Waals surface area contributed by atoms with Gasteiger partial charge in [-0.15, -0.1) is 0 Å². The Morgan fingerprint density at radius 3 is 2.21 bits per heavy atom. The number of ketones is 1. The first-order valence-electron chi connectivity index (χ1n) is 8.50. The number of nitrogens with two attached hydrogens (primary N) is 1. The fourth-order valence-corrected chi connectivity index (χ4v) is 2.37. The molecular formula is C17H30N2O5. The number of primary amides is 1. The maximum absolute atomic E-state index is 12.2. The summed E-state index contributed by atoms with van der Waals surface area (Å²) < 4.78 is 4.53. The molecule has 138 valence electrons. The minimum absolute atomic E-state index is 0.0452. The molecule has 0 aromatic rings. The van der Waals surface area contributed by atoms with E-state index in [9.17, 15) is 19.2 Å². The number of carbonyl (C=O) groups excluding carboxylic acids is 4. The highest BCUT2D eigenvalue weighted by Crippen LogP contribution is 2.14. The molecule has 0 aliphatic heterocycles. The summed E-state index contributed by atoms with van der Waals surface area (Å²) in [6.45, 7) is 3.59. The van der Waals surface area contributed by atoms with Gasteiger partial charge in [0, 0.05) is 19.3 Å². The van der Waals surface area contributed by atoms with E-state index < -0.39 is 29.7 Å². The third-order valence-corrected chi connectivity index (χ3v) is 3.77. The first-order valence-corrected chi connectivity index (χ1v) is 8.50. The molecule has 7 nitrogen and oxygen atoms in total. The van der Waals surface area contributed by atoms with Gasteiger partial charge in [0.1, 0.15) is 11.8 Å². The number of methoxy groups -OCH3 is 1. The number of carbonyl (C=O) groups is 4. The van der Waals surface area contributed by atoms with Crippen molar-refractivity contribution in [1.82, 2.24) is 5.32 Å². The minimum atomic E-state index is -0.849. The fraction of sp³-hybridized carbons (Fsp3) is 0.765. The summed E-state index contributed by atoms with van der Waals surface area (Å²) in [5.74, 6) is -2.71. The third-order valence-electron chi connectivity index (χ3n) is 3.77. The highest BCUT2D eigenvalue weighted by atomic mass is 16.5. The quantitative estimate of drug-likeness (QED) is 0.388. The second kappa shape index (κ2) is 12.5. The zero-order valence-corrected chi connectivity index (χ0v) is 14.9. The SMILES string of the molecule is CCCCCCCC(=O)C[C@H](CC(N)=O)C(=O)N[C@@H](C)C(=O)OC. The molecule has 0 saturated carbocycles. The summed E-state index contributed by atoms with van der Waals surface area (Å²) in [6, 6.07) is -0.845. The zero-order valence-electron chi connectivity index (χ0n) is 14.9. The van der Waals surface area contributed by atoms with Gasteiger partial charge in [-0.05, 0) is 13.3 Å². The van der Waals surface area contributed by atoms with Crippen molar-refractivity contribution in [3.63, 3.8) is 0 Å². The van der Waals surface area contributed by atoms with E-state index >= 15 is 0 Å². The molecule has 0 aliphatic carbocycles. The molecule has 0 aromatic heterocycles. The van der Waals surface area contributed by atoms with Crippen LogP contribution in [-0.2, 0) is 23.9 Å². The molecule has 24 heavy (non-hydrogen) atoms. The molecule has 0 rings (SSSR count). The van der Waals surface area contributed by atoms with Gasteiger partial charge in [-0.25, -0.2) is 4.79 Å². The van der Waals surface area contributed by atoms with Crippen molar-refractivity contribution in [3.8, 4) is 0 Å². The maximum Gasteiger partial charge on any atom is 0.328 e. The Kier molecular flexibility index (Phi) is 11.5. The van der Waals surface area contributed by atoms with Gasteiger partial charge in [0.05, 0.1) is 13.0 Å². The van der Waals surface area contributed by atoms with Gasteiger partial charge in [-0.2, -0.15) is 0 Å². The van der Waals surface area contributed by atoms with Crippen LogP contribution in [0, 0.1) is 5.92 Å². The van der Waals surface area contributed by atoms with E-state index in [-0.39, 0.29) is 18.6 Å². The number of ether oxygens (including phenoxy) is 1. The standard InChI is InChI=1S/C17H30N2O5/c1-4-5-6-7-8-9-14(20)10-13(11-15(18)21)16(22)19-12(2)17(23)24-3/h12-13H,4-11H2,1-3H3,(H2,18,21)(H,19,22)/t12-,13+/m0/s1. The lowest BCUT2D eigenvalue weighted by atomic mass is 9.94. The average Bonchev–Trinajstić information content (AvgIpc) is 2.52. The molecule has 0 bridgehead atoms. The van der Waals surface area contributed by atoms with Gasteiger partial charge in [0.25, 0.3) is 0 Å². The molecule has 0 spiro atoms. The van der Waals surface area contributed by atoms with E-state index in [0.29, 0.717) is 6.42 Å². The number of amides is 2. The average molecular weight is 342 g/mol. The summed E-state index contributed by atoms with van der Waals surface area (Å²) in [7, 11) is 1.22. The summed E-state index contributed by atoms with van der Waals surface area (Å²) in [6.07, 6.45) is 5.25. The monoisotopic (exact) mass is 342 g/mol. The molecule has 0 aliphatic rings. The van der Waals surface area contributed by atoms with E-state index in [1.807, 2.05) is 0 Å². The molecule has 2 amide bonds. The summed E-state index contributed by atoms with van der Waals surface area (Å²) >= 11 is 0. The number of esters is 1. The van der Waals surface area contributed by atoms with Gasteiger partial charge in [0.2, 0.25) is 11.8 Å². The smallest absolute Gasteiger partial charge is 0.328 e. The van der Waals surface area contributed by atoms with Crippen molar-refractivity contribution in [1.29, 1.82) is 0 Å². The molecule has 3 N–H and O–H groups in total. The van der Waals surface area contributed by atoms with Gasteiger partial charge in [-0.1, -0.05) is 32.6 Å². The van der Waals surface area contributed by atoms with Gasteiger partial charge >= 0.3 is 5.97 Å². The number of Topliss-reactive ketones (excluding diaryl/α,β-unsaturated/α-hetero) is 1. The highest BCUT2D eigenvalue weighted by molar-refractivity contribution is 5.92. The van der Waals surface area contributed by atoms with E-state index in [4.69, 9.17) is 5.73 Å². The van der Waals surface area contributed by atoms with E-state index in [2.05, 4.69) is 17.0 Å². The molecule has 7 heteroatoms. The van der Waals surface area contributed by atoms with Crippen LogP contribution < -0.4 is 11.1 Å². The van der Waals surface area contributed by atoms with Crippen LogP contribution in [0.1, 0.15) is 65.2 Å². The molecule has 0 unspecified atom stereocenters. The van der Waals surface area contributed by atoms with Crippen LogP contribution in [0.4, 0.5) is 0 Å². The second-order valence-corrected chi connectivity index (χ2v) is 6.03. The van der Waals surface area contributed by atoms with Crippen molar-refractivity contribution in [2.75, 3.05) is 7.11 Å². The lowest BCUT2D eigenvalue weighted by Crippen LogP contribution is -2.43. The first-order chi connectivity index (χ1) is 11.3. The van der Waals surface area contributed by atoms with Crippen LogP contribution in [0.15, 0.2) is 0 Å². The molecule has 0 radical (unpaired) electrons. The van der Waals surface area contributed by atoms with E-state index in [1.165, 1.54) is 14.0 Å². The Balaban J connectivity index is 4.48. The number of hydrogen-bond donors (Lipinski definition) is 2. The maximum atomic E-state index is 12.2. The number of hydrogen-bond acceptors (Lipinski definition) is 5. The number of rotatable bonds is 13. The van der Waals surface area contributed by atoms with Gasteiger partial charge < -0.3 is 15.8 Å². The number of nitrogens with one attached hydrogen (secondary N) is 1. The van der Waals surface area contributed by atoms with Crippen molar-refractivity contribution in [2.24, 2.45) is 11.7 Å². The van der Waals surface area contributed by atoms with Crippen LogP contribution in [0.5, 0.6) is 0 Å². The van der Waals surface area contributed by atoms with Crippen LogP contribution >= 0.6 is 0 Å². The summed E-state index contributed by atoms with van der Waals surface area (Å²) in [5, 5.41) is 2.45. The summed E-state index contributed by atoms with van der Waals surface area (Å²) in [4.78, 5) is 46.7. The zero-order chi connectivity index (χ0) is 18.5. The van der Waals surface area contributed by atoms with Crippen molar-refractivity contribution in [2.45, 2.75) is 71.3 Å². The topological polar surface area (TPSA) is 116 Å². The normalized spacial score (nSPS) is 13.0. The minimum Gasteiger partial charge on any atom is -0.467 e. The van der Waals surface area contributed by atoms with Crippen LogP contribution in [0.2, 0.25) is 0 Å². The second-order valence-electron chi connectivity index (χ2n) is 6.03. The molecular weight excluding hydrogens is 312 g/mol. The number of unbranched alkanes of at least 4 members (excludes halogenated alkanes) is 4. The van der Waals surface area contributed by atoms with Crippen LogP contribution in [0.25, 0.3) is 0 Å². The largest absolute Gasteiger partial charge is 0.467 e. The van der Waals surface area contributed by atoms with Crippen LogP contribution in [-0.4, -0.2) is 36.7 Å². The van der Waals surface area contributed by atoms with Crippen LogP contribution in [0.3, 0.4) is 0 Å².